The molecule has 1 atom stereocenters. The van der Waals surface area contributed by atoms with Gasteiger partial charge in [0.25, 0.3) is 5.91 Å². The van der Waals surface area contributed by atoms with Gasteiger partial charge < -0.3 is 15.0 Å². The molecule has 8 heteroatoms. The van der Waals surface area contributed by atoms with E-state index in [1.165, 1.54) is 6.07 Å². The number of benzene rings is 1. The number of halogens is 2. The van der Waals surface area contributed by atoms with Crippen LogP contribution in [0.15, 0.2) is 36.5 Å². The van der Waals surface area contributed by atoms with Crippen LogP contribution in [-0.2, 0) is 9.53 Å². The number of H-pyrrole nitrogens is 1. The van der Waals surface area contributed by atoms with E-state index < -0.39 is 53.4 Å². The Labute approximate surface area is 148 Å². The van der Waals surface area contributed by atoms with Crippen molar-refractivity contribution in [1.29, 1.82) is 0 Å². The van der Waals surface area contributed by atoms with Crippen LogP contribution in [0.4, 0.5) is 8.78 Å². The van der Waals surface area contributed by atoms with Gasteiger partial charge in [-0.15, -0.1) is 0 Å². The highest BCUT2D eigenvalue weighted by Crippen LogP contribution is 2.13. The summed E-state index contributed by atoms with van der Waals surface area (Å²) in [5.74, 6) is -4.91. The number of nitrogens with one attached hydrogen (secondary N) is 2. The maximum absolute atomic E-state index is 13.7. The second kappa shape index (κ2) is 8.37. The van der Waals surface area contributed by atoms with E-state index in [0.29, 0.717) is 0 Å². The van der Waals surface area contributed by atoms with Gasteiger partial charge in [0.2, 0.25) is 5.78 Å². The third-order valence-corrected chi connectivity index (χ3v) is 3.64. The predicted molar refractivity (Wildman–Crippen MR) is 88.5 cm³/mol. The summed E-state index contributed by atoms with van der Waals surface area (Å²) in [4.78, 5) is 38.9. The van der Waals surface area contributed by atoms with E-state index in [0.717, 1.165) is 18.2 Å². The van der Waals surface area contributed by atoms with Crippen LogP contribution in [0.2, 0.25) is 0 Å². The van der Waals surface area contributed by atoms with E-state index in [9.17, 15) is 23.2 Å². The minimum Gasteiger partial charge on any atom is -0.456 e. The van der Waals surface area contributed by atoms with Gasteiger partial charge in [-0.05, 0) is 30.2 Å². The molecule has 0 unspecified atom stereocenters. The van der Waals surface area contributed by atoms with Crippen molar-refractivity contribution < 1.29 is 27.9 Å². The van der Waals surface area contributed by atoms with E-state index in [2.05, 4.69) is 10.3 Å². The standard InChI is InChI=1S/C18H18F2N2O4/c1-10(2)16(18(25)26-9-14(23)13-7-4-8-21-13)22-17(24)15-11(19)5-3-6-12(15)20/h3-8,10,16,21H,9H2,1-2H3,(H,22,24)/t16-/m0/s1. The van der Waals surface area contributed by atoms with E-state index in [1.807, 2.05) is 0 Å². The van der Waals surface area contributed by atoms with Crippen LogP contribution in [0, 0.1) is 17.6 Å². The lowest BCUT2D eigenvalue weighted by molar-refractivity contribution is -0.145. The monoisotopic (exact) mass is 364 g/mol. The Morgan fingerprint density at radius 3 is 2.31 bits per heavy atom. The molecule has 26 heavy (non-hydrogen) atoms. The summed E-state index contributed by atoms with van der Waals surface area (Å²) in [5, 5.41) is 2.26. The molecule has 2 N–H and O–H groups in total. The number of esters is 1. The van der Waals surface area contributed by atoms with Crippen LogP contribution in [0.25, 0.3) is 0 Å². The first-order valence-electron chi connectivity index (χ1n) is 7.89. The molecule has 1 heterocycles. The fourth-order valence-electron chi connectivity index (χ4n) is 2.23. The summed E-state index contributed by atoms with van der Waals surface area (Å²) in [5.41, 5.74) is -0.509. The number of hydrogen-bond acceptors (Lipinski definition) is 4. The third kappa shape index (κ3) is 4.53. The number of carbonyl (C=O) groups is 3. The molecule has 0 aliphatic carbocycles. The summed E-state index contributed by atoms with van der Waals surface area (Å²) < 4.78 is 32.3. The highest BCUT2D eigenvalue weighted by Gasteiger charge is 2.29. The van der Waals surface area contributed by atoms with Crippen molar-refractivity contribution in [3.8, 4) is 0 Å². The molecular weight excluding hydrogens is 346 g/mol. The maximum Gasteiger partial charge on any atom is 0.329 e. The first kappa shape index (κ1) is 19.3. The van der Waals surface area contributed by atoms with Gasteiger partial charge in [-0.25, -0.2) is 13.6 Å². The Kier molecular flexibility index (Phi) is 6.21. The molecule has 0 fully saturated rings. The number of Topliss-reactive ketones (excluding diaryl/α,β-unsaturated/α-hetero) is 1. The van der Waals surface area contributed by atoms with Crippen molar-refractivity contribution in [2.45, 2.75) is 19.9 Å². The Morgan fingerprint density at radius 1 is 1.12 bits per heavy atom. The van der Waals surface area contributed by atoms with Crippen LogP contribution in [0.3, 0.4) is 0 Å². The number of ketones is 1. The highest BCUT2D eigenvalue weighted by molar-refractivity contribution is 5.98. The molecule has 2 rings (SSSR count). The average Bonchev–Trinajstić information content (AvgIpc) is 3.11. The topological polar surface area (TPSA) is 88.3 Å². The van der Waals surface area contributed by atoms with E-state index in [1.54, 1.807) is 26.1 Å². The van der Waals surface area contributed by atoms with Crippen LogP contribution in [0.5, 0.6) is 0 Å². The zero-order valence-electron chi connectivity index (χ0n) is 14.2. The van der Waals surface area contributed by atoms with Crippen LogP contribution < -0.4 is 5.32 Å². The Balaban J connectivity index is 2.04. The summed E-state index contributed by atoms with van der Waals surface area (Å²) in [7, 11) is 0. The van der Waals surface area contributed by atoms with E-state index in [4.69, 9.17) is 4.74 Å². The zero-order valence-corrected chi connectivity index (χ0v) is 14.2. The SMILES string of the molecule is CC(C)[C@H](NC(=O)c1c(F)cccc1F)C(=O)OCC(=O)c1ccc[nH]1. The van der Waals surface area contributed by atoms with Crippen molar-refractivity contribution in [3.05, 3.63) is 59.4 Å². The second-order valence-corrected chi connectivity index (χ2v) is 5.91. The van der Waals surface area contributed by atoms with Crippen molar-refractivity contribution in [2.24, 2.45) is 5.92 Å². The van der Waals surface area contributed by atoms with Crippen molar-refractivity contribution in [3.63, 3.8) is 0 Å². The average molecular weight is 364 g/mol. The molecular formula is C18H18F2N2O4. The fourth-order valence-corrected chi connectivity index (χ4v) is 2.23. The summed E-state index contributed by atoms with van der Waals surface area (Å²) >= 11 is 0. The first-order valence-corrected chi connectivity index (χ1v) is 7.89. The van der Waals surface area contributed by atoms with E-state index in [-0.39, 0.29) is 5.69 Å². The molecule has 0 spiro atoms. The minimum absolute atomic E-state index is 0.274. The number of ether oxygens (including phenoxy) is 1. The molecule has 0 saturated carbocycles. The minimum atomic E-state index is -1.17. The van der Waals surface area contributed by atoms with Crippen molar-refractivity contribution in [1.82, 2.24) is 10.3 Å². The maximum atomic E-state index is 13.7. The molecule has 1 aromatic heterocycles. The summed E-state index contributed by atoms with van der Waals surface area (Å²) in [6.07, 6.45) is 1.55. The third-order valence-electron chi connectivity index (χ3n) is 3.64. The Bertz CT molecular complexity index is 783. The lowest BCUT2D eigenvalue weighted by atomic mass is 10.0. The molecule has 2 aromatic rings. The Hall–Kier alpha value is -3.03. The second-order valence-electron chi connectivity index (χ2n) is 5.91. The zero-order chi connectivity index (χ0) is 19.3. The largest absolute Gasteiger partial charge is 0.456 e. The lowest BCUT2D eigenvalue weighted by Gasteiger charge is -2.21. The van der Waals surface area contributed by atoms with Gasteiger partial charge in [0, 0.05) is 6.20 Å². The predicted octanol–water partition coefficient (Wildman–Crippen LogP) is 2.47. The number of rotatable bonds is 7. The number of carbonyl (C=O) groups excluding carboxylic acids is 3. The van der Waals surface area contributed by atoms with Gasteiger partial charge in [0.1, 0.15) is 23.2 Å². The highest BCUT2D eigenvalue weighted by atomic mass is 19.1. The van der Waals surface area contributed by atoms with Gasteiger partial charge in [-0.2, -0.15) is 0 Å². The van der Waals surface area contributed by atoms with Crippen LogP contribution >= 0.6 is 0 Å². The number of aromatic amines is 1. The van der Waals surface area contributed by atoms with Crippen LogP contribution in [0.1, 0.15) is 34.7 Å². The summed E-state index contributed by atoms with van der Waals surface area (Å²) in [6, 6.07) is 4.99. The van der Waals surface area contributed by atoms with Gasteiger partial charge in [-0.3, -0.25) is 9.59 Å². The summed E-state index contributed by atoms with van der Waals surface area (Å²) in [6.45, 7) is 2.72. The number of aromatic nitrogens is 1. The Morgan fingerprint density at radius 2 is 1.77 bits per heavy atom. The number of hydrogen-bond donors (Lipinski definition) is 2. The molecule has 0 aliphatic heterocycles. The first-order chi connectivity index (χ1) is 12.3. The smallest absolute Gasteiger partial charge is 0.329 e. The van der Waals surface area contributed by atoms with Crippen molar-refractivity contribution in [2.75, 3.05) is 6.61 Å². The molecule has 0 radical (unpaired) electrons. The molecule has 1 aromatic carbocycles. The lowest BCUT2D eigenvalue weighted by Crippen LogP contribution is -2.46. The normalized spacial score (nSPS) is 11.9. The molecule has 6 nitrogen and oxygen atoms in total. The van der Waals surface area contributed by atoms with Gasteiger partial charge in [0.15, 0.2) is 6.61 Å². The van der Waals surface area contributed by atoms with Gasteiger partial charge >= 0.3 is 5.97 Å². The molecule has 138 valence electrons. The van der Waals surface area contributed by atoms with Crippen molar-refractivity contribution >= 4 is 17.7 Å². The molecule has 0 aliphatic rings. The molecule has 1 amide bonds. The van der Waals surface area contributed by atoms with Crippen LogP contribution in [-0.4, -0.2) is 35.3 Å². The van der Waals surface area contributed by atoms with Gasteiger partial charge in [0.05, 0.1) is 5.69 Å². The number of amides is 1. The van der Waals surface area contributed by atoms with E-state index >= 15 is 0 Å². The van der Waals surface area contributed by atoms with Gasteiger partial charge in [-0.1, -0.05) is 19.9 Å². The molecule has 0 bridgehead atoms. The quantitative estimate of drug-likeness (QED) is 0.584. The fraction of sp³-hybridized carbons (Fsp3) is 0.278. The molecule has 0 saturated heterocycles.